The van der Waals surface area contributed by atoms with Gasteiger partial charge in [0.15, 0.2) is 0 Å². The van der Waals surface area contributed by atoms with Gasteiger partial charge in [-0.05, 0) is 50.1 Å². The van der Waals surface area contributed by atoms with Gasteiger partial charge in [-0.3, -0.25) is 9.59 Å². The number of carboxylic acid groups (broad SMARTS) is 1. The van der Waals surface area contributed by atoms with E-state index in [-0.39, 0.29) is 29.6 Å². The van der Waals surface area contributed by atoms with Gasteiger partial charge in [-0.25, -0.2) is 0 Å². The van der Waals surface area contributed by atoms with Crippen molar-refractivity contribution in [3.63, 3.8) is 0 Å². The van der Waals surface area contributed by atoms with Crippen molar-refractivity contribution in [2.24, 2.45) is 17.3 Å². The summed E-state index contributed by atoms with van der Waals surface area (Å²) in [5.41, 5.74) is 0.277. The molecule has 0 radical (unpaired) electrons. The summed E-state index contributed by atoms with van der Waals surface area (Å²) in [4.78, 5) is 22.5. The highest BCUT2D eigenvalue weighted by Crippen LogP contribution is 2.58. The first-order chi connectivity index (χ1) is 9.03. The summed E-state index contributed by atoms with van der Waals surface area (Å²) in [6, 6.07) is 0. The number of rotatable bonds is 6. The Labute approximate surface area is 114 Å². The van der Waals surface area contributed by atoms with Crippen LogP contribution in [0.15, 0.2) is 0 Å². The molecule has 19 heavy (non-hydrogen) atoms. The Bertz CT molecular complexity index is 351. The molecule has 108 valence electrons. The molecule has 1 amide bonds. The predicted octanol–water partition coefficient (Wildman–Crippen LogP) is 0.993. The van der Waals surface area contributed by atoms with Gasteiger partial charge < -0.3 is 15.7 Å². The van der Waals surface area contributed by atoms with Crippen LogP contribution in [0.3, 0.4) is 0 Å². The van der Waals surface area contributed by atoms with Crippen LogP contribution in [0.5, 0.6) is 0 Å². The van der Waals surface area contributed by atoms with Gasteiger partial charge in [-0.2, -0.15) is 0 Å². The first-order valence-electron chi connectivity index (χ1n) is 7.24. The summed E-state index contributed by atoms with van der Waals surface area (Å²) in [6.07, 6.45) is 4.05. The molecule has 1 saturated heterocycles. The third-order valence-corrected chi connectivity index (χ3v) is 4.58. The maximum Gasteiger partial charge on any atom is 0.303 e. The van der Waals surface area contributed by atoms with Crippen molar-refractivity contribution >= 4 is 11.9 Å². The van der Waals surface area contributed by atoms with Crippen LogP contribution in [0.4, 0.5) is 0 Å². The topological polar surface area (TPSA) is 78.4 Å². The first-order valence-corrected chi connectivity index (χ1v) is 7.24. The molecule has 1 spiro atoms. The Morgan fingerprint density at radius 3 is 2.74 bits per heavy atom. The number of carbonyl (C=O) groups excluding carboxylic acids is 1. The second-order valence-electron chi connectivity index (χ2n) is 6.15. The normalized spacial score (nSPS) is 25.8. The third kappa shape index (κ3) is 3.69. The molecule has 2 fully saturated rings. The van der Waals surface area contributed by atoms with E-state index in [0.717, 1.165) is 32.4 Å². The van der Waals surface area contributed by atoms with Gasteiger partial charge in [0.05, 0.1) is 0 Å². The molecule has 0 aromatic carbocycles. The maximum absolute atomic E-state index is 12.1. The highest BCUT2D eigenvalue weighted by atomic mass is 16.4. The summed E-state index contributed by atoms with van der Waals surface area (Å²) in [6.45, 7) is 4.63. The van der Waals surface area contributed by atoms with Gasteiger partial charge in [0.25, 0.3) is 0 Å². The van der Waals surface area contributed by atoms with Gasteiger partial charge >= 0.3 is 5.97 Å². The molecule has 2 unspecified atom stereocenters. The van der Waals surface area contributed by atoms with Crippen LogP contribution >= 0.6 is 0 Å². The molecule has 0 aromatic rings. The minimum absolute atomic E-state index is 0.170. The molecule has 1 aliphatic carbocycles. The monoisotopic (exact) mass is 268 g/mol. The molecule has 2 atom stereocenters. The smallest absolute Gasteiger partial charge is 0.303 e. The van der Waals surface area contributed by atoms with Crippen molar-refractivity contribution in [2.75, 3.05) is 19.6 Å². The van der Waals surface area contributed by atoms with E-state index in [1.807, 2.05) is 6.92 Å². The van der Waals surface area contributed by atoms with E-state index in [1.54, 1.807) is 0 Å². The average molecular weight is 268 g/mol. The van der Waals surface area contributed by atoms with Crippen molar-refractivity contribution < 1.29 is 14.7 Å². The van der Waals surface area contributed by atoms with Crippen LogP contribution in [0.25, 0.3) is 0 Å². The van der Waals surface area contributed by atoms with E-state index in [9.17, 15) is 9.59 Å². The predicted molar refractivity (Wildman–Crippen MR) is 71.7 cm³/mol. The lowest BCUT2D eigenvalue weighted by Crippen LogP contribution is -2.35. The van der Waals surface area contributed by atoms with E-state index >= 15 is 0 Å². The zero-order chi connectivity index (χ0) is 13.9. The molecule has 1 heterocycles. The fraction of sp³-hybridized carbons (Fsp3) is 0.857. The Morgan fingerprint density at radius 2 is 2.11 bits per heavy atom. The van der Waals surface area contributed by atoms with Gasteiger partial charge in [-0.15, -0.1) is 0 Å². The fourth-order valence-electron chi connectivity index (χ4n) is 3.07. The molecule has 1 saturated carbocycles. The molecule has 3 N–H and O–H groups in total. The average Bonchev–Trinajstić information content (AvgIpc) is 3.08. The van der Waals surface area contributed by atoms with Gasteiger partial charge in [0.2, 0.25) is 5.91 Å². The minimum atomic E-state index is -0.769. The highest BCUT2D eigenvalue weighted by Gasteiger charge is 2.57. The number of nitrogens with one attached hydrogen (secondary N) is 2. The molecule has 2 aliphatic rings. The molecule has 1 aliphatic heterocycles. The van der Waals surface area contributed by atoms with Crippen LogP contribution in [-0.4, -0.2) is 36.6 Å². The molecule has 5 heteroatoms. The second-order valence-corrected chi connectivity index (χ2v) is 6.15. The highest BCUT2D eigenvalue weighted by molar-refractivity contribution is 5.82. The Hall–Kier alpha value is -1.10. The number of carbonyl (C=O) groups is 2. The molecular formula is C14H24N2O3. The summed E-state index contributed by atoms with van der Waals surface area (Å²) >= 11 is 0. The quantitative estimate of drug-likeness (QED) is 0.671. The molecular weight excluding hydrogens is 244 g/mol. The molecule has 2 rings (SSSR count). The van der Waals surface area contributed by atoms with Gasteiger partial charge in [0, 0.05) is 18.9 Å². The Balaban J connectivity index is 1.67. The van der Waals surface area contributed by atoms with Crippen molar-refractivity contribution in [2.45, 2.75) is 39.0 Å². The lowest BCUT2D eigenvalue weighted by Gasteiger charge is -2.23. The summed E-state index contributed by atoms with van der Waals surface area (Å²) in [5, 5.41) is 14.9. The zero-order valence-electron chi connectivity index (χ0n) is 11.6. The number of piperidine rings is 1. The summed E-state index contributed by atoms with van der Waals surface area (Å²) < 4.78 is 0. The SMILES string of the molecule is CC(CCC(=O)O)CNC(=O)C1CC12CCNCC2. The minimum Gasteiger partial charge on any atom is -0.481 e. The van der Waals surface area contributed by atoms with E-state index in [4.69, 9.17) is 5.11 Å². The first kappa shape index (κ1) is 14.3. The number of hydrogen-bond donors (Lipinski definition) is 3. The molecule has 0 aromatic heterocycles. The Morgan fingerprint density at radius 1 is 1.42 bits per heavy atom. The van der Waals surface area contributed by atoms with Crippen molar-refractivity contribution in [3.8, 4) is 0 Å². The van der Waals surface area contributed by atoms with Crippen LogP contribution in [0.1, 0.15) is 39.0 Å². The van der Waals surface area contributed by atoms with E-state index < -0.39 is 5.97 Å². The van der Waals surface area contributed by atoms with Crippen molar-refractivity contribution in [1.82, 2.24) is 10.6 Å². The Kier molecular flexibility index (Phi) is 4.45. The summed E-state index contributed by atoms with van der Waals surface area (Å²) in [5.74, 6) is -0.179. The maximum atomic E-state index is 12.1. The van der Waals surface area contributed by atoms with E-state index in [2.05, 4.69) is 10.6 Å². The second kappa shape index (κ2) is 5.90. The number of carboxylic acids is 1. The lowest BCUT2D eigenvalue weighted by atomic mass is 9.91. The lowest BCUT2D eigenvalue weighted by molar-refractivity contribution is -0.137. The number of amides is 1. The third-order valence-electron chi connectivity index (χ3n) is 4.58. The van der Waals surface area contributed by atoms with Crippen molar-refractivity contribution in [1.29, 1.82) is 0 Å². The zero-order valence-corrected chi connectivity index (χ0v) is 11.6. The summed E-state index contributed by atoms with van der Waals surface area (Å²) in [7, 11) is 0. The largest absolute Gasteiger partial charge is 0.481 e. The molecule has 0 bridgehead atoms. The van der Waals surface area contributed by atoms with Crippen molar-refractivity contribution in [3.05, 3.63) is 0 Å². The molecule has 5 nitrogen and oxygen atoms in total. The standard InChI is InChI=1S/C14H24N2O3/c1-10(2-3-12(17)18)9-16-13(19)11-8-14(11)4-6-15-7-5-14/h10-11,15H,2-9H2,1H3,(H,16,19)(H,17,18). The number of hydrogen-bond acceptors (Lipinski definition) is 3. The van der Waals surface area contributed by atoms with E-state index in [1.165, 1.54) is 0 Å². The van der Waals surface area contributed by atoms with Crippen LogP contribution < -0.4 is 10.6 Å². The van der Waals surface area contributed by atoms with Gasteiger partial charge in [-0.1, -0.05) is 6.92 Å². The van der Waals surface area contributed by atoms with Crippen LogP contribution in [0, 0.1) is 17.3 Å². The fourth-order valence-corrected chi connectivity index (χ4v) is 3.07. The van der Waals surface area contributed by atoms with Crippen LogP contribution in [-0.2, 0) is 9.59 Å². The van der Waals surface area contributed by atoms with E-state index in [0.29, 0.717) is 13.0 Å². The number of aliphatic carboxylic acids is 1. The van der Waals surface area contributed by atoms with Gasteiger partial charge in [0.1, 0.15) is 0 Å². The van der Waals surface area contributed by atoms with Crippen LogP contribution in [0.2, 0.25) is 0 Å².